The van der Waals surface area contributed by atoms with Gasteiger partial charge in [0.05, 0.1) is 12.0 Å². The van der Waals surface area contributed by atoms with Crippen LogP contribution in [0.15, 0.2) is 0 Å². The molecule has 0 bridgehead atoms. The van der Waals surface area contributed by atoms with Gasteiger partial charge in [-0.15, -0.1) is 0 Å². The Labute approximate surface area is 87.7 Å². The highest BCUT2D eigenvalue weighted by Crippen LogP contribution is 2.26. The molecule has 1 aliphatic carbocycles. The zero-order valence-electron chi connectivity index (χ0n) is 9.64. The average Bonchev–Trinajstić information content (AvgIpc) is 2.62. The van der Waals surface area contributed by atoms with Crippen molar-refractivity contribution in [2.24, 2.45) is 11.3 Å². The molecular weight excluding hydrogens is 172 g/mol. The summed E-state index contributed by atoms with van der Waals surface area (Å²) in [5.41, 5.74) is 0.364. The van der Waals surface area contributed by atoms with Gasteiger partial charge in [-0.25, -0.2) is 0 Å². The fourth-order valence-electron chi connectivity index (χ4n) is 1.89. The molecule has 1 fully saturated rings. The van der Waals surface area contributed by atoms with E-state index in [0.29, 0.717) is 11.5 Å². The smallest absolute Gasteiger partial charge is 0.0672 e. The maximum absolute atomic E-state index is 8.93. The zero-order chi connectivity index (χ0) is 10.6. The molecule has 0 aromatic rings. The Hall–Kier alpha value is -0.550. The summed E-state index contributed by atoms with van der Waals surface area (Å²) < 4.78 is 0. The van der Waals surface area contributed by atoms with Crippen molar-refractivity contribution in [2.45, 2.75) is 52.5 Å². The topological polar surface area (TPSA) is 35.8 Å². The molecule has 0 saturated heterocycles. The highest BCUT2D eigenvalue weighted by atomic mass is 14.9. The molecule has 1 saturated carbocycles. The molecule has 1 N–H and O–H groups in total. The van der Waals surface area contributed by atoms with Crippen LogP contribution in [0.2, 0.25) is 0 Å². The molecule has 0 aliphatic heterocycles. The molecule has 1 aliphatic rings. The monoisotopic (exact) mass is 194 g/mol. The average molecular weight is 194 g/mol. The minimum atomic E-state index is 0.252. The van der Waals surface area contributed by atoms with E-state index < -0.39 is 0 Å². The Bertz CT molecular complexity index is 215. The second-order valence-electron chi connectivity index (χ2n) is 5.17. The molecule has 14 heavy (non-hydrogen) atoms. The maximum atomic E-state index is 8.93. The van der Waals surface area contributed by atoms with Gasteiger partial charge in [0.2, 0.25) is 0 Å². The third kappa shape index (κ3) is 2.99. The molecule has 0 radical (unpaired) electrons. The van der Waals surface area contributed by atoms with Crippen molar-refractivity contribution in [3.8, 4) is 6.07 Å². The van der Waals surface area contributed by atoms with Crippen LogP contribution in [0.5, 0.6) is 0 Å². The Kier molecular flexibility index (Phi) is 3.95. The molecule has 2 nitrogen and oxygen atoms in total. The van der Waals surface area contributed by atoms with Gasteiger partial charge in [-0.3, -0.25) is 0 Å². The van der Waals surface area contributed by atoms with Crippen molar-refractivity contribution in [1.29, 1.82) is 5.26 Å². The Morgan fingerprint density at radius 3 is 2.71 bits per heavy atom. The lowest BCUT2D eigenvalue weighted by Gasteiger charge is -2.26. The minimum Gasteiger partial charge on any atom is -0.312 e. The van der Waals surface area contributed by atoms with E-state index in [1.54, 1.807) is 0 Å². The first-order valence-corrected chi connectivity index (χ1v) is 5.72. The molecule has 1 rings (SSSR count). The van der Waals surface area contributed by atoms with Crippen LogP contribution in [0, 0.1) is 22.7 Å². The molecule has 0 heterocycles. The first-order valence-electron chi connectivity index (χ1n) is 5.72. The van der Waals surface area contributed by atoms with Crippen molar-refractivity contribution in [3.63, 3.8) is 0 Å². The van der Waals surface area contributed by atoms with Gasteiger partial charge in [-0.1, -0.05) is 27.2 Å². The van der Waals surface area contributed by atoms with Crippen LogP contribution in [-0.2, 0) is 0 Å². The molecule has 80 valence electrons. The highest BCUT2D eigenvalue weighted by Gasteiger charge is 2.28. The second kappa shape index (κ2) is 4.79. The zero-order valence-corrected chi connectivity index (χ0v) is 9.64. The van der Waals surface area contributed by atoms with E-state index in [9.17, 15) is 0 Å². The highest BCUT2D eigenvalue weighted by molar-refractivity contribution is 4.96. The van der Waals surface area contributed by atoms with Crippen LogP contribution >= 0.6 is 0 Å². The van der Waals surface area contributed by atoms with Gasteiger partial charge >= 0.3 is 0 Å². The summed E-state index contributed by atoms with van der Waals surface area (Å²) in [6.07, 6.45) is 4.66. The van der Waals surface area contributed by atoms with E-state index >= 15 is 0 Å². The van der Waals surface area contributed by atoms with Gasteiger partial charge in [-0.05, 0) is 24.7 Å². The van der Waals surface area contributed by atoms with E-state index in [2.05, 4.69) is 32.2 Å². The predicted octanol–water partition coefficient (Wildman–Crippen LogP) is 2.70. The predicted molar refractivity (Wildman–Crippen MR) is 58.8 cm³/mol. The van der Waals surface area contributed by atoms with Crippen molar-refractivity contribution in [3.05, 3.63) is 0 Å². The van der Waals surface area contributed by atoms with Gasteiger partial charge in [0.15, 0.2) is 0 Å². The summed E-state index contributed by atoms with van der Waals surface area (Å²) in [5.74, 6) is 0.252. The van der Waals surface area contributed by atoms with Crippen LogP contribution in [0.4, 0.5) is 0 Å². The lowest BCUT2D eigenvalue weighted by molar-refractivity contribution is 0.299. The molecule has 2 atom stereocenters. The van der Waals surface area contributed by atoms with Crippen molar-refractivity contribution >= 4 is 0 Å². The third-order valence-corrected chi connectivity index (χ3v) is 3.48. The molecule has 2 heteroatoms. The lowest BCUT2D eigenvalue weighted by atomic mass is 9.89. The van der Waals surface area contributed by atoms with Crippen LogP contribution in [0.1, 0.15) is 46.5 Å². The van der Waals surface area contributed by atoms with Gasteiger partial charge in [0.1, 0.15) is 0 Å². The van der Waals surface area contributed by atoms with Gasteiger partial charge < -0.3 is 5.32 Å². The molecule has 0 amide bonds. The number of hydrogen-bond donors (Lipinski definition) is 1. The number of hydrogen-bond acceptors (Lipinski definition) is 2. The Morgan fingerprint density at radius 1 is 1.43 bits per heavy atom. The van der Waals surface area contributed by atoms with Crippen molar-refractivity contribution < 1.29 is 0 Å². The summed E-state index contributed by atoms with van der Waals surface area (Å²) >= 11 is 0. The molecule has 0 aromatic carbocycles. The van der Waals surface area contributed by atoms with Crippen molar-refractivity contribution in [2.75, 3.05) is 6.54 Å². The summed E-state index contributed by atoms with van der Waals surface area (Å²) in [5, 5.41) is 12.5. The van der Waals surface area contributed by atoms with E-state index in [0.717, 1.165) is 13.0 Å². The fraction of sp³-hybridized carbons (Fsp3) is 0.917. The molecule has 2 unspecified atom stereocenters. The SMILES string of the molecule is CCC(C)(C)CNC1CCCC1C#N. The largest absolute Gasteiger partial charge is 0.312 e. The minimum absolute atomic E-state index is 0.252. The van der Waals surface area contributed by atoms with E-state index in [4.69, 9.17) is 5.26 Å². The van der Waals surface area contributed by atoms with Crippen molar-refractivity contribution in [1.82, 2.24) is 5.32 Å². The third-order valence-electron chi connectivity index (χ3n) is 3.48. The van der Waals surface area contributed by atoms with E-state index in [1.165, 1.54) is 19.3 Å². The standard InChI is InChI=1S/C12H22N2/c1-4-12(2,3)9-14-11-7-5-6-10(11)8-13/h10-11,14H,4-7,9H2,1-3H3. The summed E-state index contributed by atoms with van der Waals surface area (Å²) in [4.78, 5) is 0. The quantitative estimate of drug-likeness (QED) is 0.747. The van der Waals surface area contributed by atoms with Crippen LogP contribution in [0.3, 0.4) is 0 Å². The van der Waals surface area contributed by atoms with Crippen LogP contribution in [0.25, 0.3) is 0 Å². The fourth-order valence-corrected chi connectivity index (χ4v) is 1.89. The van der Waals surface area contributed by atoms with E-state index in [1.807, 2.05) is 0 Å². The number of nitrogens with zero attached hydrogens (tertiary/aromatic N) is 1. The number of nitriles is 1. The van der Waals surface area contributed by atoms with Crippen LogP contribution < -0.4 is 5.32 Å². The van der Waals surface area contributed by atoms with Gasteiger partial charge in [-0.2, -0.15) is 5.26 Å². The van der Waals surface area contributed by atoms with E-state index in [-0.39, 0.29) is 5.92 Å². The number of nitrogens with one attached hydrogen (secondary N) is 1. The Morgan fingerprint density at radius 2 is 2.14 bits per heavy atom. The summed E-state index contributed by atoms with van der Waals surface area (Å²) in [6.45, 7) is 7.80. The van der Waals surface area contributed by atoms with Gasteiger partial charge in [0, 0.05) is 12.6 Å². The maximum Gasteiger partial charge on any atom is 0.0672 e. The normalized spacial score (nSPS) is 27.6. The first kappa shape index (κ1) is 11.5. The number of rotatable bonds is 4. The summed E-state index contributed by atoms with van der Waals surface area (Å²) in [6, 6.07) is 2.86. The second-order valence-corrected chi connectivity index (χ2v) is 5.17. The molecular formula is C12H22N2. The van der Waals surface area contributed by atoms with Crippen LogP contribution in [-0.4, -0.2) is 12.6 Å². The first-order chi connectivity index (χ1) is 6.59. The molecule has 0 aromatic heterocycles. The summed E-state index contributed by atoms with van der Waals surface area (Å²) in [7, 11) is 0. The van der Waals surface area contributed by atoms with Gasteiger partial charge in [0.25, 0.3) is 0 Å². The Balaban J connectivity index is 2.35. The lowest BCUT2D eigenvalue weighted by Crippen LogP contribution is -2.38. The molecule has 0 spiro atoms.